The minimum Gasteiger partial charge on any atom is -0.444 e. The maximum Gasteiger partial charge on any atom is 0.408 e. The number of nitrogens with zero attached hydrogens (tertiary/aromatic N) is 2. The zero-order chi connectivity index (χ0) is 18.7. The van der Waals surface area contributed by atoms with Crippen molar-refractivity contribution in [1.82, 2.24) is 15.5 Å². The predicted octanol–water partition coefficient (Wildman–Crippen LogP) is 3.62. The fourth-order valence-corrected chi connectivity index (χ4v) is 2.72. The lowest BCUT2D eigenvalue weighted by Gasteiger charge is -2.24. The molecule has 7 nitrogen and oxygen atoms in total. The van der Waals surface area contributed by atoms with E-state index >= 15 is 0 Å². The van der Waals surface area contributed by atoms with Crippen molar-refractivity contribution in [2.45, 2.75) is 51.4 Å². The minimum atomic E-state index is -0.637. The van der Waals surface area contributed by atoms with Gasteiger partial charge in [0.25, 0.3) is 5.89 Å². The molecule has 3 rings (SSSR count). The first-order chi connectivity index (χ1) is 12.3. The molecule has 1 aromatic heterocycles. The predicted molar refractivity (Wildman–Crippen MR) is 90.8 cm³/mol. The number of carbonyl (C=O) groups excluding carboxylic acids is 1. The van der Waals surface area contributed by atoms with Crippen molar-refractivity contribution in [1.29, 1.82) is 0 Å². The molecule has 1 amide bonds. The van der Waals surface area contributed by atoms with Gasteiger partial charge in [0, 0.05) is 12.2 Å². The maximum absolute atomic E-state index is 13.4. The first-order valence-electron chi connectivity index (χ1n) is 8.52. The molecule has 1 aromatic carbocycles. The number of alkyl carbamates (subject to hydrolysis) is 1. The van der Waals surface area contributed by atoms with E-state index in [2.05, 4.69) is 15.5 Å². The van der Waals surface area contributed by atoms with Crippen molar-refractivity contribution >= 4 is 6.09 Å². The minimum absolute atomic E-state index is 0.196. The molecule has 1 N–H and O–H groups in total. The molecular formula is C18H22FN3O4. The lowest BCUT2D eigenvalue weighted by Crippen LogP contribution is -2.39. The topological polar surface area (TPSA) is 86.5 Å². The normalized spacial score (nSPS) is 18.5. The van der Waals surface area contributed by atoms with Gasteiger partial charge in [0.1, 0.15) is 17.5 Å². The molecule has 26 heavy (non-hydrogen) atoms. The standard InChI is InChI=1S/C18H22FN3O4/c1-18(2,3)25-17(23)20-14(13-8-5-9-24-13)16-21-15(22-26-16)11-6-4-7-12(19)10-11/h4,6-7,10,13-14H,5,8-9H2,1-3H3,(H,20,23). The fraction of sp³-hybridized carbons (Fsp3) is 0.500. The lowest BCUT2D eigenvalue weighted by atomic mass is 10.1. The van der Waals surface area contributed by atoms with Gasteiger partial charge in [-0.05, 0) is 45.7 Å². The van der Waals surface area contributed by atoms with Crippen LogP contribution in [0.4, 0.5) is 9.18 Å². The molecule has 2 unspecified atom stereocenters. The molecule has 2 heterocycles. The Hall–Kier alpha value is -2.48. The summed E-state index contributed by atoms with van der Waals surface area (Å²) in [4.78, 5) is 16.5. The van der Waals surface area contributed by atoms with Gasteiger partial charge < -0.3 is 19.3 Å². The Bertz CT molecular complexity index is 766. The van der Waals surface area contributed by atoms with Crippen LogP contribution in [-0.4, -0.2) is 34.5 Å². The maximum atomic E-state index is 13.4. The van der Waals surface area contributed by atoms with E-state index in [0.29, 0.717) is 12.2 Å². The van der Waals surface area contributed by atoms with E-state index in [1.807, 2.05) is 0 Å². The molecule has 140 valence electrons. The number of nitrogens with one attached hydrogen (secondary N) is 1. The van der Waals surface area contributed by atoms with Crippen molar-refractivity contribution in [3.8, 4) is 11.4 Å². The summed E-state index contributed by atoms with van der Waals surface area (Å²) in [6.45, 7) is 5.94. The van der Waals surface area contributed by atoms with Crippen LogP contribution in [0, 0.1) is 5.82 Å². The van der Waals surface area contributed by atoms with Gasteiger partial charge in [-0.2, -0.15) is 4.98 Å². The molecule has 2 aromatic rings. The molecule has 0 spiro atoms. The molecule has 0 radical (unpaired) electrons. The van der Waals surface area contributed by atoms with Crippen LogP contribution in [0.25, 0.3) is 11.4 Å². The summed E-state index contributed by atoms with van der Waals surface area (Å²) in [6.07, 6.45) is 0.743. The Morgan fingerprint density at radius 2 is 2.23 bits per heavy atom. The Balaban J connectivity index is 1.82. The number of halogens is 1. The Labute approximate surface area is 150 Å². The summed E-state index contributed by atoms with van der Waals surface area (Å²) in [5.41, 5.74) is -0.143. The van der Waals surface area contributed by atoms with Gasteiger partial charge in [-0.15, -0.1) is 0 Å². The fourth-order valence-electron chi connectivity index (χ4n) is 2.72. The molecule has 1 saturated heterocycles. The van der Waals surface area contributed by atoms with Crippen molar-refractivity contribution in [3.05, 3.63) is 36.0 Å². The molecule has 2 atom stereocenters. The molecular weight excluding hydrogens is 341 g/mol. The van der Waals surface area contributed by atoms with E-state index in [9.17, 15) is 9.18 Å². The number of hydrogen-bond acceptors (Lipinski definition) is 6. The summed E-state index contributed by atoms with van der Waals surface area (Å²) in [7, 11) is 0. The average molecular weight is 363 g/mol. The Kier molecular flexibility index (Phi) is 5.22. The largest absolute Gasteiger partial charge is 0.444 e. The molecule has 8 heteroatoms. The third kappa shape index (κ3) is 4.57. The highest BCUT2D eigenvalue weighted by molar-refractivity contribution is 5.68. The van der Waals surface area contributed by atoms with E-state index in [1.54, 1.807) is 32.9 Å². The van der Waals surface area contributed by atoms with E-state index in [0.717, 1.165) is 12.8 Å². The summed E-state index contributed by atoms with van der Waals surface area (Å²) in [5, 5.41) is 6.65. The van der Waals surface area contributed by atoms with Crippen LogP contribution in [-0.2, 0) is 9.47 Å². The van der Waals surface area contributed by atoms with Gasteiger partial charge in [-0.25, -0.2) is 9.18 Å². The van der Waals surface area contributed by atoms with Crippen LogP contribution >= 0.6 is 0 Å². The second-order valence-electron chi connectivity index (χ2n) is 7.14. The van der Waals surface area contributed by atoms with Gasteiger partial charge in [0.15, 0.2) is 0 Å². The van der Waals surface area contributed by atoms with Crippen LogP contribution < -0.4 is 5.32 Å². The highest BCUT2D eigenvalue weighted by atomic mass is 19.1. The number of ether oxygens (including phenoxy) is 2. The van der Waals surface area contributed by atoms with Crippen LogP contribution in [0.15, 0.2) is 28.8 Å². The number of benzene rings is 1. The number of carbonyl (C=O) groups is 1. The van der Waals surface area contributed by atoms with Crippen molar-refractivity contribution in [2.75, 3.05) is 6.61 Å². The lowest BCUT2D eigenvalue weighted by molar-refractivity contribution is 0.0318. The number of amides is 1. The summed E-state index contributed by atoms with van der Waals surface area (Å²) in [6, 6.07) is 5.26. The van der Waals surface area contributed by atoms with Crippen LogP contribution in [0.3, 0.4) is 0 Å². The van der Waals surface area contributed by atoms with Crippen molar-refractivity contribution in [3.63, 3.8) is 0 Å². The molecule has 1 aliphatic rings. The molecule has 0 aliphatic carbocycles. The third-order valence-corrected chi connectivity index (χ3v) is 3.80. The second-order valence-corrected chi connectivity index (χ2v) is 7.14. The van der Waals surface area contributed by atoms with Crippen molar-refractivity contribution in [2.24, 2.45) is 0 Å². The third-order valence-electron chi connectivity index (χ3n) is 3.80. The van der Waals surface area contributed by atoms with Crippen LogP contribution in [0.5, 0.6) is 0 Å². The summed E-state index contributed by atoms with van der Waals surface area (Å²) >= 11 is 0. The highest BCUT2D eigenvalue weighted by Crippen LogP contribution is 2.28. The molecule has 0 saturated carbocycles. The summed E-state index contributed by atoms with van der Waals surface area (Å²) < 4.78 is 29.7. The quantitative estimate of drug-likeness (QED) is 0.893. The zero-order valence-electron chi connectivity index (χ0n) is 15.0. The SMILES string of the molecule is CC(C)(C)OC(=O)NC(c1nc(-c2cccc(F)c2)no1)C1CCCO1. The first-order valence-corrected chi connectivity index (χ1v) is 8.52. The van der Waals surface area contributed by atoms with Gasteiger partial charge in [-0.1, -0.05) is 17.3 Å². The Morgan fingerprint density at radius 3 is 2.88 bits per heavy atom. The van der Waals surface area contributed by atoms with Gasteiger partial charge in [0.2, 0.25) is 5.82 Å². The van der Waals surface area contributed by atoms with Crippen LogP contribution in [0.2, 0.25) is 0 Å². The highest BCUT2D eigenvalue weighted by Gasteiger charge is 2.34. The summed E-state index contributed by atoms with van der Waals surface area (Å²) in [5.74, 6) is 0.0481. The molecule has 1 fully saturated rings. The van der Waals surface area contributed by atoms with Gasteiger partial charge >= 0.3 is 6.09 Å². The number of hydrogen-bond donors (Lipinski definition) is 1. The second kappa shape index (κ2) is 7.41. The Morgan fingerprint density at radius 1 is 1.42 bits per heavy atom. The van der Waals surface area contributed by atoms with E-state index in [1.165, 1.54) is 12.1 Å². The van der Waals surface area contributed by atoms with Gasteiger partial charge in [0.05, 0.1) is 6.10 Å². The average Bonchev–Trinajstić information content (AvgIpc) is 3.23. The number of rotatable bonds is 4. The van der Waals surface area contributed by atoms with E-state index < -0.39 is 23.6 Å². The smallest absolute Gasteiger partial charge is 0.408 e. The van der Waals surface area contributed by atoms with Gasteiger partial charge in [-0.3, -0.25) is 0 Å². The zero-order valence-corrected chi connectivity index (χ0v) is 15.0. The first kappa shape index (κ1) is 18.3. The van der Waals surface area contributed by atoms with E-state index in [4.69, 9.17) is 14.0 Å². The van der Waals surface area contributed by atoms with Crippen LogP contribution in [0.1, 0.15) is 45.5 Å². The monoisotopic (exact) mass is 363 g/mol. The van der Waals surface area contributed by atoms with E-state index in [-0.39, 0.29) is 17.8 Å². The molecule has 1 aliphatic heterocycles. The molecule has 0 bridgehead atoms. The van der Waals surface area contributed by atoms with Crippen molar-refractivity contribution < 1.29 is 23.2 Å². The number of aromatic nitrogens is 2.